The van der Waals surface area contributed by atoms with Gasteiger partial charge < -0.3 is 15.1 Å². The van der Waals surface area contributed by atoms with Gasteiger partial charge in [-0.15, -0.1) is 0 Å². The van der Waals surface area contributed by atoms with E-state index in [-0.39, 0.29) is 17.0 Å². The number of amides is 2. The van der Waals surface area contributed by atoms with Crippen molar-refractivity contribution in [1.82, 2.24) is 10.2 Å². The molecule has 1 unspecified atom stereocenters. The second-order valence-corrected chi connectivity index (χ2v) is 8.84. The van der Waals surface area contributed by atoms with Crippen LogP contribution in [0.15, 0.2) is 59.5 Å². The summed E-state index contributed by atoms with van der Waals surface area (Å²) in [6, 6.07) is 16.5. The number of hydrogen-bond donors (Lipinski definition) is 1. The molecule has 0 bridgehead atoms. The van der Waals surface area contributed by atoms with Gasteiger partial charge in [0.15, 0.2) is 9.84 Å². The van der Waals surface area contributed by atoms with E-state index in [1.165, 1.54) is 11.9 Å². The molecule has 0 saturated carbocycles. The quantitative estimate of drug-likeness (QED) is 0.876. The lowest BCUT2D eigenvalue weighted by Crippen LogP contribution is -2.52. The van der Waals surface area contributed by atoms with E-state index in [1.54, 1.807) is 24.3 Å². The average Bonchev–Trinajstić information content (AvgIpc) is 2.68. The molecule has 1 N–H and O–H groups in total. The van der Waals surface area contributed by atoms with Crippen molar-refractivity contribution in [1.29, 1.82) is 0 Å². The normalized spacial score (nSPS) is 16.1. The van der Waals surface area contributed by atoms with Crippen LogP contribution in [0.4, 0.5) is 10.5 Å². The molecule has 0 radical (unpaired) electrons. The zero-order chi connectivity index (χ0) is 19.4. The van der Waals surface area contributed by atoms with Crippen LogP contribution in [0.1, 0.15) is 18.5 Å². The summed E-state index contributed by atoms with van der Waals surface area (Å²) in [6.45, 7) is 4.83. The maximum absolute atomic E-state index is 12.6. The third kappa shape index (κ3) is 4.80. The van der Waals surface area contributed by atoms with Crippen LogP contribution >= 0.6 is 0 Å². The third-order valence-electron chi connectivity index (χ3n) is 4.84. The summed E-state index contributed by atoms with van der Waals surface area (Å²) in [4.78, 5) is 16.9. The molecule has 2 aromatic rings. The maximum Gasteiger partial charge on any atom is 0.317 e. The van der Waals surface area contributed by atoms with E-state index >= 15 is 0 Å². The van der Waals surface area contributed by atoms with Gasteiger partial charge >= 0.3 is 6.03 Å². The molecule has 2 aromatic carbocycles. The fraction of sp³-hybridized carbons (Fsp3) is 0.350. The molecule has 6 nitrogen and oxygen atoms in total. The Morgan fingerprint density at radius 3 is 2.11 bits per heavy atom. The number of anilines is 1. The summed E-state index contributed by atoms with van der Waals surface area (Å²) < 4.78 is 23.1. The van der Waals surface area contributed by atoms with Crippen molar-refractivity contribution in [3.8, 4) is 0 Å². The fourth-order valence-corrected chi connectivity index (χ4v) is 3.80. The smallest absolute Gasteiger partial charge is 0.317 e. The highest BCUT2D eigenvalue weighted by Gasteiger charge is 2.22. The monoisotopic (exact) mass is 387 g/mol. The van der Waals surface area contributed by atoms with E-state index in [0.717, 1.165) is 18.7 Å². The summed E-state index contributed by atoms with van der Waals surface area (Å²) in [5.41, 5.74) is 2.05. The molecule has 3 rings (SSSR count). The van der Waals surface area contributed by atoms with E-state index in [9.17, 15) is 13.2 Å². The minimum atomic E-state index is -3.21. The molecule has 0 spiro atoms. The fourth-order valence-electron chi connectivity index (χ4n) is 3.17. The Balaban J connectivity index is 1.55. The Labute approximate surface area is 160 Å². The molecule has 144 valence electrons. The zero-order valence-corrected chi connectivity index (χ0v) is 16.4. The molecule has 0 aromatic heterocycles. The first kappa shape index (κ1) is 19.2. The third-order valence-corrected chi connectivity index (χ3v) is 5.96. The number of para-hydroxylation sites is 1. The van der Waals surface area contributed by atoms with Crippen LogP contribution < -0.4 is 10.2 Å². The molecule has 1 heterocycles. The largest absolute Gasteiger partial charge is 0.368 e. The standard InChI is InChI=1S/C20H25N3O3S/c1-16(17-8-10-19(11-9-17)27(2,25)26)21-20(24)23-14-12-22(13-15-23)18-6-4-3-5-7-18/h3-11,16H,12-15H2,1-2H3,(H,21,24). The molecule has 2 amide bonds. The van der Waals surface area contributed by atoms with Crippen LogP contribution in [-0.4, -0.2) is 51.8 Å². The van der Waals surface area contributed by atoms with Crippen molar-refractivity contribution in [2.45, 2.75) is 17.9 Å². The molecule has 1 aliphatic rings. The molecule has 1 atom stereocenters. The Kier molecular flexibility index (Phi) is 5.70. The van der Waals surface area contributed by atoms with Crippen molar-refractivity contribution in [2.24, 2.45) is 0 Å². The van der Waals surface area contributed by atoms with Gasteiger partial charge in [0.25, 0.3) is 0 Å². The van der Waals surface area contributed by atoms with Gasteiger partial charge in [-0.1, -0.05) is 30.3 Å². The molecule has 1 saturated heterocycles. The Bertz CT molecular complexity index is 874. The van der Waals surface area contributed by atoms with Gasteiger partial charge in [0, 0.05) is 38.1 Å². The van der Waals surface area contributed by atoms with Crippen LogP contribution in [0.3, 0.4) is 0 Å². The van der Waals surface area contributed by atoms with Crippen LogP contribution in [0.2, 0.25) is 0 Å². The highest BCUT2D eigenvalue weighted by molar-refractivity contribution is 7.90. The number of nitrogens with zero attached hydrogens (tertiary/aromatic N) is 2. The summed E-state index contributed by atoms with van der Waals surface area (Å²) >= 11 is 0. The van der Waals surface area contributed by atoms with Crippen molar-refractivity contribution in [3.63, 3.8) is 0 Å². The number of urea groups is 1. The molecular formula is C20H25N3O3S. The lowest BCUT2D eigenvalue weighted by Gasteiger charge is -2.36. The number of sulfone groups is 1. The molecular weight excluding hydrogens is 362 g/mol. The number of benzene rings is 2. The highest BCUT2D eigenvalue weighted by Crippen LogP contribution is 2.18. The molecule has 7 heteroatoms. The molecule has 27 heavy (non-hydrogen) atoms. The number of carbonyl (C=O) groups is 1. The Morgan fingerprint density at radius 2 is 1.56 bits per heavy atom. The van der Waals surface area contributed by atoms with Crippen molar-refractivity contribution < 1.29 is 13.2 Å². The van der Waals surface area contributed by atoms with Gasteiger partial charge in [-0.25, -0.2) is 13.2 Å². The summed E-state index contributed by atoms with van der Waals surface area (Å²) in [5.74, 6) is 0. The number of hydrogen-bond acceptors (Lipinski definition) is 4. The maximum atomic E-state index is 12.6. The van der Waals surface area contributed by atoms with Gasteiger partial charge in [-0.3, -0.25) is 0 Å². The van der Waals surface area contributed by atoms with E-state index in [2.05, 4.69) is 22.3 Å². The van der Waals surface area contributed by atoms with Gasteiger partial charge in [-0.05, 0) is 36.8 Å². The Morgan fingerprint density at radius 1 is 0.963 bits per heavy atom. The minimum absolute atomic E-state index is 0.0950. The highest BCUT2D eigenvalue weighted by atomic mass is 32.2. The summed E-state index contributed by atoms with van der Waals surface area (Å²) in [5, 5.41) is 3.00. The molecule has 1 aliphatic heterocycles. The second kappa shape index (κ2) is 8.00. The zero-order valence-electron chi connectivity index (χ0n) is 15.6. The van der Waals surface area contributed by atoms with Crippen LogP contribution in [0.25, 0.3) is 0 Å². The van der Waals surface area contributed by atoms with Gasteiger partial charge in [0.1, 0.15) is 0 Å². The van der Waals surface area contributed by atoms with Crippen LogP contribution in [0, 0.1) is 0 Å². The Hall–Kier alpha value is -2.54. The molecule has 0 aliphatic carbocycles. The van der Waals surface area contributed by atoms with Crippen LogP contribution in [0.5, 0.6) is 0 Å². The predicted molar refractivity (Wildman–Crippen MR) is 107 cm³/mol. The van der Waals surface area contributed by atoms with Crippen LogP contribution in [-0.2, 0) is 9.84 Å². The SMILES string of the molecule is CC(NC(=O)N1CCN(c2ccccc2)CC1)c1ccc(S(C)(=O)=O)cc1. The topological polar surface area (TPSA) is 69.7 Å². The number of rotatable bonds is 4. The lowest BCUT2D eigenvalue weighted by molar-refractivity contribution is 0.191. The number of nitrogens with one attached hydrogen (secondary N) is 1. The van der Waals surface area contributed by atoms with Crippen molar-refractivity contribution in [2.75, 3.05) is 37.3 Å². The average molecular weight is 388 g/mol. The van der Waals surface area contributed by atoms with Gasteiger partial charge in [-0.2, -0.15) is 0 Å². The number of piperazine rings is 1. The first-order chi connectivity index (χ1) is 12.8. The first-order valence-electron chi connectivity index (χ1n) is 9.00. The van der Waals surface area contributed by atoms with E-state index in [4.69, 9.17) is 0 Å². The van der Waals surface area contributed by atoms with Gasteiger partial charge in [0.05, 0.1) is 10.9 Å². The summed E-state index contributed by atoms with van der Waals surface area (Å²) in [6.07, 6.45) is 1.18. The summed E-state index contributed by atoms with van der Waals surface area (Å²) in [7, 11) is -3.21. The minimum Gasteiger partial charge on any atom is -0.368 e. The van der Waals surface area contributed by atoms with E-state index < -0.39 is 9.84 Å². The molecule has 1 fully saturated rings. The van der Waals surface area contributed by atoms with E-state index in [0.29, 0.717) is 13.1 Å². The van der Waals surface area contributed by atoms with Crippen molar-refractivity contribution >= 4 is 21.6 Å². The van der Waals surface area contributed by atoms with Gasteiger partial charge in [0.2, 0.25) is 0 Å². The number of carbonyl (C=O) groups excluding carboxylic acids is 1. The second-order valence-electron chi connectivity index (χ2n) is 6.82. The predicted octanol–water partition coefficient (Wildman–Crippen LogP) is 2.68. The lowest BCUT2D eigenvalue weighted by atomic mass is 10.1. The first-order valence-corrected chi connectivity index (χ1v) is 10.9. The van der Waals surface area contributed by atoms with Crippen molar-refractivity contribution in [3.05, 3.63) is 60.2 Å². The van der Waals surface area contributed by atoms with E-state index in [1.807, 2.05) is 30.0 Å².